The lowest BCUT2D eigenvalue weighted by Gasteiger charge is -2.06. The van der Waals surface area contributed by atoms with Crippen LogP contribution in [0.15, 0.2) is 60.7 Å². The highest BCUT2D eigenvalue weighted by molar-refractivity contribution is 6.17. The Labute approximate surface area is 198 Å². The molecule has 174 valence electrons. The fourth-order valence-electron chi connectivity index (χ4n) is 3.37. The van der Waals surface area contributed by atoms with Crippen LogP contribution in [0.3, 0.4) is 0 Å². The molecule has 3 aromatic rings. The minimum atomic E-state index is -0.722. The molecule has 0 aliphatic carbocycles. The molecule has 0 fully saturated rings. The molecule has 35 heavy (non-hydrogen) atoms. The molecule has 9 nitrogen and oxygen atoms in total. The van der Waals surface area contributed by atoms with Crippen LogP contribution < -0.4 is 5.32 Å². The molecule has 2 aliphatic heterocycles. The van der Waals surface area contributed by atoms with Crippen LogP contribution in [-0.2, 0) is 9.47 Å². The van der Waals surface area contributed by atoms with Gasteiger partial charge in [0.15, 0.2) is 5.78 Å². The largest absolute Gasteiger partial charge is 0.386 e. The first-order chi connectivity index (χ1) is 16.6. The van der Waals surface area contributed by atoms with Crippen LogP contribution in [0.1, 0.15) is 74.6 Å². The summed E-state index contributed by atoms with van der Waals surface area (Å²) in [5, 5.41) is 2.73. The number of hydrogen-bond acceptors (Lipinski definition) is 8. The van der Waals surface area contributed by atoms with Crippen LogP contribution in [0.2, 0.25) is 0 Å². The number of fused-ring (bicyclic) bond motifs is 2. The number of rotatable bonds is 3. The molecule has 1 N–H and O–H groups in total. The molecule has 5 rings (SSSR count). The Morgan fingerprint density at radius 3 is 1.60 bits per heavy atom. The minimum absolute atomic E-state index is 0.122. The Morgan fingerprint density at radius 2 is 1.09 bits per heavy atom. The zero-order chi connectivity index (χ0) is 25.3. The lowest BCUT2D eigenvalue weighted by Crippen LogP contribution is -2.12. The van der Waals surface area contributed by atoms with Gasteiger partial charge >= 0.3 is 23.9 Å². The van der Waals surface area contributed by atoms with Crippen molar-refractivity contribution in [2.45, 2.75) is 13.8 Å². The molecule has 2 heterocycles. The summed E-state index contributed by atoms with van der Waals surface area (Å²) in [4.78, 5) is 68.1. The fourth-order valence-corrected chi connectivity index (χ4v) is 3.37. The van der Waals surface area contributed by atoms with Gasteiger partial charge < -0.3 is 14.8 Å². The van der Waals surface area contributed by atoms with E-state index in [0.717, 1.165) is 5.56 Å². The topological polar surface area (TPSA) is 133 Å². The third kappa shape index (κ3) is 4.74. The zero-order valence-electron chi connectivity index (χ0n) is 18.5. The van der Waals surface area contributed by atoms with Crippen molar-refractivity contribution in [3.8, 4) is 0 Å². The fraction of sp³-hybridized carbons (Fsp3) is 0.0769. The number of amides is 1. The average molecular weight is 471 g/mol. The number of carbonyl (C=O) groups is 6. The predicted octanol–water partition coefficient (Wildman–Crippen LogP) is 3.76. The number of cyclic esters (lactones) is 4. The van der Waals surface area contributed by atoms with E-state index in [2.05, 4.69) is 14.8 Å². The molecule has 3 aromatic carbocycles. The number of hydrogen-bond donors (Lipinski definition) is 1. The summed E-state index contributed by atoms with van der Waals surface area (Å²) in [5.41, 5.74) is 3.14. The summed E-state index contributed by atoms with van der Waals surface area (Å²) in [6.07, 6.45) is 0. The number of nitrogens with one attached hydrogen (secondary N) is 1. The summed E-state index contributed by atoms with van der Waals surface area (Å²) >= 11 is 0. The van der Waals surface area contributed by atoms with E-state index in [4.69, 9.17) is 0 Å². The van der Waals surface area contributed by atoms with E-state index in [1.165, 1.54) is 43.3 Å². The van der Waals surface area contributed by atoms with E-state index in [-0.39, 0.29) is 33.9 Å². The van der Waals surface area contributed by atoms with Gasteiger partial charge in [0.2, 0.25) is 0 Å². The van der Waals surface area contributed by atoms with Crippen LogP contribution in [0.25, 0.3) is 0 Å². The molecule has 2 aliphatic rings. The van der Waals surface area contributed by atoms with Crippen LogP contribution in [-0.4, -0.2) is 35.6 Å². The van der Waals surface area contributed by atoms with E-state index in [1.54, 1.807) is 12.1 Å². The quantitative estimate of drug-likeness (QED) is 0.347. The molecule has 1 amide bonds. The molecule has 0 unspecified atom stereocenters. The van der Waals surface area contributed by atoms with Gasteiger partial charge in [-0.25, -0.2) is 19.2 Å². The molecule has 0 atom stereocenters. The summed E-state index contributed by atoms with van der Waals surface area (Å²) < 4.78 is 8.87. The zero-order valence-corrected chi connectivity index (χ0v) is 18.5. The lowest BCUT2D eigenvalue weighted by molar-refractivity contribution is 0.0425. The second kappa shape index (κ2) is 9.14. The number of ketones is 1. The van der Waals surface area contributed by atoms with Crippen LogP contribution in [0, 0.1) is 6.92 Å². The SMILES string of the molecule is CC(=O)c1ccc2c(c1)C(=O)OC2=O.Cc1ccc(NC(=O)c2ccc3c(c2)C(=O)OC3=O)cc1. The smallest absolute Gasteiger partial charge is 0.346 e. The van der Waals surface area contributed by atoms with Gasteiger partial charge in [-0.05, 0) is 56.3 Å². The van der Waals surface area contributed by atoms with Gasteiger partial charge in [-0.1, -0.05) is 23.8 Å². The maximum absolute atomic E-state index is 12.1. The van der Waals surface area contributed by atoms with Gasteiger partial charge in [0.05, 0.1) is 22.3 Å². The minimum Gasteiger partial charge on any atom is -0.386 e. The highest BCUT2D eigenvalue weighted by Gasteiger charge is 2.31. The maximum Gasteiger partial charge on any atom is 0.346 e. The van der Waals surface area contributed by atoms with Crippen molar-refractivity contribution in [2.75, 3.05) is 5.32 Å². The normalized spacial score (nSPS) is 13.2. The monoisotopic (exact) mass is 471 g/mol. The Hall–Kier alpha value is -4.92. The summed E-state index contributed by atoms with van der Waals surface area (Å²) in [5.74, 6) is -3.25. The number of carbonyl (C=O) groups excluding carboxylic acids is 6. The number of ether oxygens (including phenoxy) is 2. The Morgan fingerprint density at radius 1 is 0.629 bits per heavy atom. The standard InChI is InChI=1S/C16H11NO4.C10H6O4/c1-9-2-5-11(6-3-9)17-14(18)10-4-7-12-13(8-10)16(20)21-15(12)19;1-5(11)6-2-3-7-8(4-6)10(13)14-9(7)12/h2-8H,1H3,(H,17,18);2-4H,1H3. The Bertz CT molecular complexity index is 1440. The first-order valence-corrected chi connectivity index (χ1v) is 10.3. The second-order valence-electron chi connectivity index (χ2n) is 7.75. The number of Topliss-reactive ketones (excluding diaryl/α,β-unsaturated/α-hetero) is 1. The van der Waals surface area contributed by atoms with Gasteiger partial charge in [0.25, 0.3) is 5.91 Å². The molecule has 0 saturated carbocycles. The van der Waals surface area contributed by atoms with Crippen molar-refractivity contribution in [1.29, 1.82) is 0 Å². The van der Waals surface area contributed by atoms with E-state index in [0.29, 0.717) is 16.8 Å². The first-order valence-electron chi connectivity index (χ1n) is 10.3. The summed E-state index contributed by atoms with van der Waals surface area (Å²) in [7, 11) is 0. The number of aryl methyl sites for hydroxylation is 1. The molecular weight excluding hydrogens is 454 g/mol. The summed E-state index contributed by atoms with van der Waals surface area (Å²) in [6.45, 7) is 3.35. The van der Waals surface area contributed by atoms with E-state index in [1.807, 2.05) is 19.1 Å². The van der Waals surface area contributed by atoms with Gasteiger partial charge in [0.1, 0.15) is 0 Å². The van der Waals surface area contributed by atoms with Crippen molar-refractivity contribution >= 4 is 41.3 Å². The first kappa shape index (κ1) is 23.2. The highest BCUT2D eigenvalue weighted by Crippen LogP contribution is 2.22. The maximum atomic E-state index is 12.1. The van der Waals surface area contributed by atoms with E-state index < -0.39 is 23.9 Å². The van der Waals surface area contributed by atoms with Crippen molar-refractivity contribution < 1.29 is 38.2 Å². The molecular formula is C26H17NO8. The van der Waals surface area contributed by atoms with Gasteiger partial charge in [-0.2, -0.15) is 0 Å². The van der Waals surface area contributed by atoms with Crippen LogP contribution in [0.5, 0.6) is 0 Å². The van der Waals surface area contributed by atoms with Crippen molar-refractivity contribution in [2.24, 2.45) is 0 Å². The Kier molecular flexibility index (Phi) is 6.07. The van der Waals surface area contributed by atoms with E-state index >= 15 is 0 Å². The number of esters is 4. The molecule has 0 bridgehead atoms. The number of benzene rings is 3. The third-order valence-corrected chi connectivity index (χ3v) is 5.27. The molecule has 0 saturated heterocycles. The van der Waals surface area contributed by atoms with Gasteiger partial charge in [-0.3, -0.25) is 9.59 Å². The van der Waals surface area contributed by atoms with Crippen molar-refractivity contribution in [1.82, 2.24) is 0 Å². The van der Waals surface area contributed by atoms with E-state index in [9.17, 15) is 28.8 Å². The Balaban J connectivity index is 0.000000179. The third-order valence-electron chi connectivity index (χ3n) is 5.27. The molecule has 0 spiro atoms. The predicted molar refractivity (Wildman–Crippen MR) is 122 cm³/mol. The number of anilines is 1. The van der Waals surface area contributed by atoms with Crippen LogP contribution >= 0.6 is 0 Å². The van der Waals surface area contributed by atoms with Gasteiger partial charge in [0, 0.05) is 16.8 Å². The van der Waals surface area contributed by atoms with Gasteiger partial charge in [-0.15, -0.1) is 0 Å². The average Bonchev–Trinajstić information content (AvgIpc) is 3.29. The van der Waals surface area contributed by atoms with Crippen molar-refractivity contribution in [3.63, 3.8) is 0 Å². The molecule has 9 heteroatoms. The second-order valence-corrected chi connectivity index (χ2v) is 7.75. The summed E-state index contributed by atoms with van der Waals surface area (Å²) in [6, 6.07) is 15.9. The molecule has 0 aromatic heterocycles. The lowest BCUT2D eigenvalue weighted by atomic mass is 10.0. The van der Waals surface area contributed by atoms with Crippen molar-refractivity contribution in [3.05, 3.63) is 99.6 Å². The highest BCUT2D eigenvalue weighted by atomic mass is 16.6. The molecule has 0 radical (unpaired) electrons. The van der Waals surface area contributed by atoms with Crippen LogP contribution in [0.4, 0.5) is 5.69 Å².